The number of nitrogens with zero attached hydrogens (tertiary/aromatic N) is 1. The second-order valence-electron chi connectivity index (χ2n) is 3.01. The van der Waals surface area contributed by atoms with E-state index in [9.17, 15) is 13.6 Å². The zero-order valence-electron chi connectivity index (χ0n) is 8.84. The van der Waals surface area contributed by atoms with E-state index in [1.807, 2.05) is 0 Å². The Morgan fingerprint density at radius 3 is 2.76 bits per heavy atom. The van der Waals surface area contributed by atoms with E-state index in [4.69, 9.17) is 4.74 Å². The fourth-order valence-electron chi connectivity index (χ4n) is 1.29. The number of alkyl halides is 3. The molecule has 0 saturated heterocycles. The Morgan fingerprint density at radius 1 is 1.65 bits per heavy atom. The monoisotopic (exact) mass is 419 g/mol. The van der Waals surface area contributed by atoms with Gasteiger partial charge in [0.2, 0.25) is 0 Å². The molecule has 0 bridgehead atoms. The van der Waals surface area contributed by atoms with Gasteiger partial charge in [-0.05, 0) is 35.1 Å². The van der Waals surface area contributed by atoms with Crippen molar-refractivity contribution in [1.82, 2.24) is 4.98 Å². The fourth-order valence-corrected chi connectivity index (χ4v) is 2.59. The third kappa shape index (κ3) is 3.34. The molecule has 7 heteroatoms. The van der Waals surface area contributed by atoms with Crippen molar-refractivity contribution in [2.24, 2.45) is 0 Å². The second-order valence-corrected chi connectivity index (χ2v) is 4.59. The summed E-state index contributed by atoms with van der Waals surface area (Å²) < 4.78 is 30.8. The van der Waals surface area contributed by atoms with Crippen LogP contribution in [0.1, 0.15) is 34.8 Å². The van der Waals surface area contributed by atoms with Crippen LogP contribution in [0.4, 0.5) is 8.78 Å². The molecule has 0 fully saturated rings. The van der Waals surface area contributed by atoms with Crippen molar-refractivity contribution in [1.29, 1.82) is 0 Å². The number of halogens is 4. The average molecular weight is 420 g/mol. The Kier molecular flexibility index (Phi) is 5.71. The summed E-state index contributed by atoms with van der Waals surface area (Å²) in [5.74, 6) is -0.632. The van der Waals surface area contributed by atoms with Gasteiger partial charge in [-0.15, -0.1) is 0 Å². The van der Waals surface area contributed by atoms with Crippen molar-refractivity contribution >= 4 is 44.5 Å². The normalized spacial score (nSPS) is 10.7. The van der Waals surface area contributed by atoms with Crippen LogP contribution in [0.3, 0.4) is 0 Å². The van der Waals surface area contributed by atoms with Crippen molar-refractivity contribution in [3.8, 4) is 0 Å². The summed E-state index contributed by atoms with van der Waals surface area (Å²) in [6, 6.07) is 0. The van der Waals surface area contributed by atoms with Crippen molar-refractivity contribution in [3.63, 3.8) is 0 Å². The van der Waals surface area contributed by atoms with E-state index in [0.717, 1.165) is 0 Å². The summed E-state index contributed by atoms with van der Waals surface area (Å²) in [5, 5.41) is 0.152. The third-order valence-corrected chi connectivity index (χ3v) is 3.45. The van der Waals surface area contributed by atoms with Gasteiger partial charge >= 0.3 is 5.97 Å². The molecule has 0 N–H and O–H groups in total. The maximum Gasteiger partial charge on any atom is 0.340 e. The van der Waals surface area contributed by atoms with E-state index in [0.29, 0.717) is 0 Å². The maximum atomic E-state index is 12.9. The zero-order valence-corrected chi connectivity index (χ0v) is 12.6. The number of aromatic nitrogens is 1. The lowest BCUT2D eigenvalue weighted by Crippen LogP contribution is -2.12. The molecule has 0 unspecified atom stereocenters. The molecule has 3 nitrogen and oxygen atoms in total. The van der Waals surface area contributed by atoms with Gasteiger partial charge in [-0.2, -0.15) is 0 Å². The van der Waals surface area contributed by atoms with Crippen LogP contribution in [0, 0.1) is 3.70 Å². The molecule has 1 heterocycles. The molecule has 0 spiro atoms. The molecule has 17 heavy (non-hydrogen) atoms. The smallest absolute Gasteiger partial charge is 0.340 e. The largest absolute Gasteiger partial charge is 0.462 e. The molecule has 0 atom stereocenters. The highest BCUT2D eigenvalue weighted by molar-refractivity contribution is 14.1. The van der Waals surface area contributed by atoms with E-state index in [1.54, 1.807) is 29.5 Å². The average Bonchev–Trinajstić information content (AvgIpc) is 2.27. The first-order valence-electron chi connectivity index (χ1n) is 4.71. The predicted molar refractivity (Wildman–Crippen MR) is 70.5 cm³/mol. The number of hydrogen-bond donors (Lipinski definition) is 0. The van der Waals surface area contributed by atoms with Gasteiger partial charge in [0, 0.05) is 11.5 Å². The van der Waals surface area contributed by atoms with Crippen LogP contribution in [0.15, 0.2) is 6.20 Å². The van der Waals surface area contributed by atoms with Crippen LogP contribution >= 0.6 is 38.5 Å². The lowest BCUT2D eigenvalue weighted by atomic mass is 10.1. The van der Waals surface area contributed by atoms with Crippen molar-refractivity contribution < 1.29 is 18.3 Å². The molecular weight excluding hydrogens is 411 g/mol. The number of ether oxygens (including phenoxy) is 1. The SMILES string of the molecule is CCOC(=O)c1cnc(I)c(C(F)F)c1CBr. The maximum absolute atomic E-state index is 12.9. The molecule has 0 aliphatic rings. The van der Waals surface area contributed by atoms with Crippen LogP contribution in [-0.2, 0) is 10.1 Å². The highest BCUT2D eigenvalue weighted by atomic mass is 127. The highest BCUT2D eigenvalue weighted by Gasteiger charge is 2.23. The molecule has 1 aromatic rings. The molecule has 0 saturated carbocycles. The molecule has 0 radical (unpaired) electrons. The Labute approximate surface area is 119 Å². The molecule has 0 amide bonds. The van der Waals surface area contributed by atoms with Crippen LogP contribution in [-0.4, -0.2) is 17.6 Å². The third-order valence-electron chi connectivity index (χ3n) is 2.03. The first-order valence-corrected chi connectivity index (χ1v) is 6.91. The minimum Gasteiger partial charge on any atom is -0.462 e. The van der Waals surface area contributed by atoms with Gasteiger partial charge in [-0.1, -0.05) is 15.9 Å². The molecule has 1 rings (SSSR count). The van der Waals surface area contributed by atoms with Crippen molar-refractivity contribution in [2.45, 2.75) is 18.7 Å². The summed E-state index contributed by atoms with van der Waals surface area (Å²) in [7, 11) is 0. The highest BCUT2D eigenvalue weighted by Crippen LogP contribution is 2.30. The Balaban J connectivity index is 3.32. The summed E-state index contributed by atoms with van der Waals surface area (Å²) in [6.07, 6.45) is -1.40. The van der Waals surface area contributed by atoms with Gasteiger partial charge in [-0.25, -0.2) is 18.6 Å². The first kappa shape index (κ1) is 14.7. The topological polar surface area (TPSA) is 39.2 Å². The number of carbonyl (C=O) groups excluding carboxylic acids is 1. The predicted octanol–water partition coefficient (Wildman–Crippen LogP) is 3.70. The van der Waals surface area contributed by atoms with Crippen LogP contribution < -0.4 is 0 Å². The van der Waals surface area contributed by atoms with Crippen LogP contribution in [0.25, 0.3) is 0 Å². The van der Waals surface area contributed by atoms with Gasteiger partial charge in [0.1, 0.15) is 3.70 Å². The summed E-state index contributed by atoms with van der Waals surface area (Å²) >= 11 is 4.83. The lowest BCUT2D eigenvalue weighted by molar-refractivity contribution is 0.0524. The summed E-state index contributed by atoms with van der Waals surface area (Å²) in [5.41, 5.74) is 0.102. The molecule has 94 valence electrons. The van der Waals surface area contributed by atoms with Crippen LogP contribution in [0.2, 0.25) is 0 Å². The minimum atomic E-state index is -2.67. The number of rotatable bonds is 4. The molecule has 0 aliphatic carbocycles. The number of carbonyl (C=O) groups is 1. The molecular formula is C10H9BrF2INO2. The quantitative estimate of drug-likeness (QED) is 0.323. The summed E-state index contributed by atoms with van der Waals surface area (Å²) in [6.45, 7) is 1.84. The van der Waals surface area contributed by atoms with Crippen molar-refractivity contribution in [2.75, 3.05) is 6.61 Å². The number of esters is 1. The standard InChI is InChI=1S/C10H9BrF2INO2/c1-2-17-10(16)6-4-15-9(14)7(8(12)13)5(6)3-11/h4,8H,2-3H2,1H3. The Bertz CT molecular complexity index is 429. The molecule has 1 aromatic heterocycles. The Morgan fingerprint density at radius 2 is 2.29 bits per heavy atom. The molecule has 0 aromatic carbocycles. The fraction of sp³-hybridized carbons (Fsp3) is 0.400. The molecule has 0 aliphatic heterocycles. The number of hydrogen-bond acceptors (Lipinski definition) is 3. The lowest BCUT2D eigenvalue weighted by Gasteiger charge is -2.12. The van der Waals surface area contributed by atoms with Gasteiger partial charge in [0.05, 0.1) is 17.7 Å². The Hall–Kier alpha value is -0.310. The van der Waals surface area contributed by atoms with E-state index in [-0.39, 0.29) is 32.3 Å². The van der Waals surface area contributed by atoms with Crippen LogP contribution in [0.5, 0.6) is 0 Å². The second kappa shape index (κ2) is 6.58. The number of pyridine rings is 1. The van der Waals surface area contributed by atoms with E-state index in [2.05, 4.69) is 20.9 Å². The van der Waals surface area contributed by atoms with E-state index >= 15 is 0 Å². The first-order chi connectivity index (χ1) is 8.02. The van der Waals surface area contributed by atoms with Gasteiger partial charge in [-0.3, -0.25) is 0 Å². The van der Waals surface area contributed by atoms with Crippen molar-refractivity contribution in [3.05, 3.63) is 26.6 Å². The van der Waals surface area contributed by atoms with E-state index in [1.165, 1.54) is 6.20 Å². The minimum absolute atomic E-state index is 0.0828. The van der Waals surface area contributed by atoms with Gasteiger partial charge in [0.15, 0.2) is 0 Å². The van der Waals surface area contributed by atoms with Gasteiger partial charge < -0.3 is 4.74 Å². The van der Waals surface area contributed by atoms with Gasteiger partial charge in [0.25, 0.3) is 6.43 Å². The zero-order chi connectivity index (χ0) is 13.0. The summed E-state index contributed by atoms with van der Waals surface area (Å²) in [4.78, 5) is 15.4. The van der Waals surface area contributed by atoms with E-state index < -0.39 is 12.4 Å².